The van der Waals surface area contributed by atoms with Crippen LogP contribution in [0, 0.1) is 5.92 Å². The van der Waals surface area contributed by atoms with Crippen molar-refractivity contribution in [1.82, 2.24) is 35.0 Å². The Morgan fingerprint density at radius 2 is 2.13 bits per heavy atom. The summed E-state index contributed by atoms with van der Waals surface area (Å²) in [4.78, 5) is 29.7. The zero-order valence-corrected chi connectivity index (χ0v) is 17.8. The normalized spacial score (nSPS) is 18.7. The highest BCUT2D eigenvalue weighted by Gasteiger charge is 2.29. The van der Waals surface area contributed by atoms with Gasteiger partial charge in [-0.2, -0.15) is 10.1 Å². The number of carbonyl (C=O) groups is 1. The van der Waals surface area contributed by atoms with Crippen LogP contribution in [-0.4, -0.2) is 48.7 Å². The lowest BCUT2D eigenvalue weighted by Gasteiger charge is -2.13. The van der Waals surface area contributed by atoms with Gasteiger partial charge in [0, 0.05) is 36.8 Å². The Balaban J connectivity index is 1.47. The predicted molar refractivity (Wildman–Crippen MR) is 116 cm³/mol. The van der Waals surface area contributed by atoms with Crippen LogP contribution in [0.2, 0.25) is 0 Å². The summed E-state index contributed by atoms with van der Waals surface area (Å²) >= 11 is 3.50. The van der Waals surface area contributed by atoms with E-state index in [1.807, 2.05) is 18.2 Å². The molecule has 152 valence electrons. The van der Waals surface area contributed by atoms with Gasteiger partial charge in [0.05, 0.1) is 17.3 Å². The molecule has 5 rings (SSSR count). The number of hydrogen-bond acceptors (Lipinski definition) is 7. The molecule has 10 heteroatoms. The Labute approximate surface area is 180 Å². The van der Waals surface area contributed by atoms with Gasteiger partial charge in [-0.15, -0.1) is 0 Å². The number of aromatic nitrogens is 6. The summed E-state index contributed by atoms with van der Waals surface area (Å²) in [5.41, 5.74) is 2.14. The highest BCUT2D eigenvalue weighted by Crippen LogP contribution is 2.29. The first kappa shape index (κ1) is 18.9. The van der Waals surface area contributed by atoms with Crippen LogP contribution in [0.1, 0.15) is 19.3 Å². The molecular weight excluding hydrogens is 448 g/mol. The third-order valence-corrected chi connectivity index (χ3v) is 6.03. The molecule has 0 unspecified atom stereocenters. The lowest BCUT2D eigenvalue weighted by atomic mass is 10.1. The van der Waals surface area contributed by atoms with E-state index in [-0.39, 0.29) is 17.9 Å². The van der Waals surface area contributed by atoms with E-state index in [1.54, 1.807) is 30.3 Å². The van der Waals surface area contributed by atoms with E-state index in [9.17, 15) is 4.79 Å². The number of pyridine rings is 2. The third kappa shape index (κ3) is 3.36. The number of hydrogen-bond donors (Lipinski definition) is 2. The van der Waals surface area contributed by atoms with E-state index in [0.717, 1.165) is 35.7 Å². The Bertz CT molecular complexity index is 1260. The van der Waals surface area contributed by atoms with E-state index in [4.69, 9.17) is 4.98 Å². The second-order valence-electron chi connectivity index (χ2n) is 7.34. The number of nitrogens with zero attached hydrogens (tertiary/aromatic N) is 6. The van der Waals surface area contributed by atoms with Crippen molar-refractivity contribution in [3.05, 3.63) is 41.4 Å². The van der Waals surface area contributed by atoms with E-state index >= 15 is 0 Å². The number of amides is 1. The number of fused-ring (bicyclic) bond motifs is 2. The monoisotopic (exact) mass is 466 g/mol. The zero-order chi connectivity index (χ0) is 20.7. The van der Waals surface area contributed by atoms with Gasteiger partial charge in [0.25, 0.3) is 0 Å². The van der Waals surface area contributed by atoms with Crippen molar-refractivity contribution < 1.29 is 4.79 Å². The molecule has 4 aromatic heterocycles. The molecule has 4 heterocycles. The summed E-state index contributed by atoms with van der Waals surface area (Å²) in [6.45, 7) is 0. The minimum Gasteiger partial charge on any atom is -0.359 e. The fraction of sp³-hybridized carbons (Fsp3) is 0.300. The van der Waals surface area contributed by atoms with Gasteiger partial charge in [-0.25, -0.2) is 19.6 Å². The maximum absolute atomic E-state index is 11.9. The fourth-order valence-corrected chi connectivity index (χ4v) is 4.36. The van der Waals surface area contributed by atoms with E-state index in [0.29, 0.717) is 21.8 Å². The molecule has 0 radical (unpaired) electrons. The Morgan fingerprint density at radius 3 is 3.00 bits per heavy atom. The Kier molecular flexibility index (Phi) is 4.78. The summed E-state index contributed by atoms with van der Waals surface area (Å²) in [6.07, 6.45) is 7.74. The highest BCUT2D eigenvalue weighted by atomic mass is 79.9. The number of carbonyl (C=O) groups excluding carboxylic acids is 1. The molecule has 2 atom stereocenters. The molecule has 1 aliphatic rings. The van der Waals surface area contributed by atoms with Gasteiger partial charge in [-0.1, -0.05) is 0 Å². The summed E-state index contributed by atoms with van der Waals surface area (Å²) in [7, 11) is 1.68. The molecule has 9 nitrogen and oxygen atoms in total. The number of halogens is 1. The first-order valence-corrected chi connectivity index (χ1v) is 10.5. The average Bonchev–Trinajstić information content (AvgIpc) is 3.37. The SMILES string of the molecule is CNC(=O)[C@@H]1CC[C@@H](Nc2ncc3c(Br)nn(-c4cnc5ncccc5c4)c3n2)C1. The summed E-state index contributed by atoms with van der Waals surface area (Å²) in [6, 6.07) is 5.99. The molecule has 1 amide bonds. The van der Waals surface area contributed by atoms with Crippen LogP contribution in [0.5, 0.6) is 0 Å². The maximum atomic E-state index is 11.9. The fourth-order valence-electron chi connectivity index (χ4n) is 3.93. The van der Waals surface area contributed by atoms with Crippen molar-refractivity contribution in [2.24, 2.45) is 5.92 Å². The van der Waals surface area contributed by atoms with Crippen molar-refractivity contribution in [2.45, 2.75) is 25.3 Å². The average molecular weight is 467 g/mol. The molecule has 2 N–H and O–H groups in total. The molecule has 1 aliphatic carbocycles. The van der Waals surface area contributed by atoms with E-state index in [2.05, 4.69) is 46.6 Å². The lowest BCUT2D eigenvalue weighted by Crippen LogP contribution is -2.27. The topological polar surface area (TPSA) is 111 Å². The predicted octanol–water partition coefficient (Wildman–Crippen LogP) is 2.85. The van der Waals surface area contributed by atoms with Gasteiger partial charge in [0.15, 0.2) is 11.3 Å². The van der Waals surface area contributed by atoms with Crippen LogP contribution >= 0.6 is 15.9 Å². The minimum absolute atomic E-state index is 0.0354. The molecule has 0 bridgehead atoms. The molecule has 4 aromatic rings. The maximum Gasteiger partial charge on any atom is 0.224 e. The lowest BCUT2D eigenvalue weighted by molar-refractivity contribution is -0.124. The van der Waals surface area contributed by atoms with Crippen molar-refractivity contribution >= 4 is 49.9 Å². The molecule has 30 heavy (non-hydrogen) atoms. The van der Waals surface area contributed by atoms with E-state index < -0.39 is 0 Å². The molecule has 0 aromatic carbocycles. The summed E-state index contributed by atoms with van der Waals surface area (Å²) in [5, 5.41) is 12.4. The van der Waals surface area contributed by atoms with Crippen molar-refractivity contribution in [3.63, 3.8) is 0 Å². The van der Waals surface area contributed by atoms with Crippen LogP contribution < -0.4 is 10.6 Å². The standard InChI is InChI=1S/C20H19BrN8O/c1-22-19(30)12-4-5-13(7-12)26-20-25-10-15-16(21)28-29(18(15)27-20)14-8-11-3-2-6-23-17(11)24-9-14/h2-3,6,8-10,12-13H,4-5,7H2,1H3,(H,22,30)(H,25,26,27)/t12-,13-/m1/s1. The smallest absolute Gasteiger partial charge is 0.224 e. The number of rotatable bonds is 4. The van der Waals surface area contributed by atoms with Gasteiger partial charge in [-0.05, 0) is 53.4 Å². The van der Waals surface area contributed by atoms with Gasteiger partial charge < -0.3 is 10.6 Å². The third-order valence-electron chi connectivity index (χ3n) is 5.45. The largest absolute Gasteiger partial charge is 0.359 e. The second kappa shape index (κ2) is 7.60. The van der Waals surface area contributed by atoms with Crippen LogP contribution in [-0.2, 0) is 4.79 Å². The first-order chi connectivity index (χ1) is 14.6. The van der Waals surface area contributed by atoms with Crippen LogP contribution in [0.15, 0.2) is 41.4 Å². The number of anilines is 1. The summed E-state index contributed by atoms with van der Waals surface area (Å²) in [5.74, 6) is 0.651. The van der Waals surface area contributed by atoms with Crippen LogP contribution in [0.25, 0.3) is 27.8 Å². The van der Waals surface area contributed by atoms with Gasteiger partial charge >= 0.3 is 0 Å². The van der Waals surface area contributed by atoms with Gasteiger partial charge in [0.2, 0.25) is 11.9 Å². The summed E-state index contributed by atoms with van der Waals surface area (Å²) < 4.78 is 2.41. The highest BCUT2D eigenvalue weighted by molar-refractivity contribution is 9.10. The van der Waals surface area contributed by atoms with E-state index in [1.165, 1.54) is 0 Å². The molecule has 0 saturated heterocycles. The Hall–Kier alpha value is -3.14. The zero-order valence-electron chi connectivity index (χ0n) is 16.2. The van der Waals surface area contributed by atoms with Gasteiger partial charge in [0.1, 0.15) is 4.60 Å². The van der Waals surface area contributed by atoms with Crippen LogP contribution in [0.3, 0.4) is 0 Å². The molecule has 1 fully saturated rings. The molecule has 1 saturated carbocycles. The Morgan fingerprint density at radius 1 is 1.23 bits per heavy atom. The first-order valence-electron chi connectivity index (χ1n) is 9.73. The molecule has 0 aliphatic heterocycles. The molecular formula is C20H19BrN8O. The van der Waals surface area contributed by atoms with Crippen molar-refractivity contribution in [1.29, 1.82) is 0 Å². The second-order valence-corrected chi connectivity index (χ2v) is 8.09. The van der Waals surface area contributed by atoms with Crippen LogP contribution in [0.4, 0.5) is 5.95 Å². The van der Waals surface area contributed by atoms with Gasteiger partial charge in [-0.3, -0.25) is 4.79 Å². The number of nitrogens with one attached hydrogen (secondary N) is 2. The quantitative estimate of drug-likeness (QED) is 0.475. The molecule has 0 spiro atoms. The van der Waals surface area contributed by atoms with Crippen molar-refractivity contribution in [2.75, 3.05) is 12.4 Å². The van der Waals surface area contributed by atoms with Crippen molar-refractivity contribution in [3.8, 4) is 5.69 Å². The minimum atomic E-state index is 0.0354.